The summed E-state index contributed by atoms with van der Waals surface area (Å²) >= 11 is 0. The van der Waals surface area contributed by atoms with Crippen molar-refractivity contribution in [3.63, 3.8) is 0 Å². The van der Waals surface area contributed by atoms with Gasteiger partial charge < -0.3 is 16.0 Å². The molecule has 2 heterocycles. The molecule has 0 aliphatic carbocycles. The fourth-order valence-corrected chi connectivity index (χ4v) is 3.00. The summed E-state index contributed by atoms with van der Waals surface area (Å²) in [7, 11) is 0. The van der Waals surface area contributed by atoms with E-state index in [9.17, 15) is 9.59 Å². The van der Waals surface area contributed by atoms with Crippen molar-refractivity contribution in [1.82, 2.24) is 20.9 Å². The van der Waals surface area contributed by atoms with Gasteiger partial charge in [-0.1, -0.05) is 13.0 Å². The summed E-state index contributed by atoms with van der Waals surface area (Å²) in [6.45, 7) is 5.08. The lowest BCUT2D eigenvalue weighted by Crippen LogP contribution is -2.36. The molecule has 3 N–H and O–H groups in total. The van der Waals surface area contributed by atoms with E-state index in [-0.39, 0.29) is 11.8 Å². The van der Waals surface area contributed by atoms with Gasteiger partial charge in [0.15, 0.2) is 0 Å². The summed E-state index contributed by atoms with van der Waals surface area (Å²) in [5, 5.41) is 9.06. The number of carbonyl (C=O) groups excluding carboxylic acids is 2. The molecule has 1 aromatic heterocycles. The molecule has 6 nitrogen and oxygen atoms in total. The molecule has 2 unspecified atom stereocenters. The average molecular weight is 332 g/mol. The van der Waals surface area contributed by atoms with Gasteiger partial charge >= 0.3 is 0 Å². The van der Waals surface area contributed by atoms with Crippen LogP contribution in [0.15, 0.2) is 24.5 Å². The molecule has 0 aromatic carbocycles. The lowest BCUT2D eigenvalue weighted by Gasteiger charge is -2.28. The van der Waals surface area contributed by atoms with Crippen LogP contribution < -0.4 is 16.0 Å². The normalized spacial score (nSPS) is 18.6. The Hall–Kier alpha value is -1.95. The van der Waals surface area contributed by atoms with Crippen LogP contribution in [0.2, 0.25) is 0 Å². The van der Waals surface area contributed by atoms with Crippen LogP contribution in [0.5, 0.6) is 0 Å². The Balaban J connectivity index is 1.57. The van der Waals surface area contributed by atoms with Gasteiger partial charge in [0.1, 0.15) is 0 Å². The van der Waals surface area contributed by atoms with E-state index in [0.717, 1.165) is 18.7 Å². The molecule has 1 aromatic rings. The molecule has 132 valence electrons. The molecular weight excluding hydrogens is 304 g/mol. The number of hydrogen-bond donors (Lipinski definition) is 3. The van der Waals surface area contributed by atoms with E-state index < -0.39 is 0 Å². The van der Waals surface area contributed by atoms with E-state index in [0.29, 0.717) is 37.8 Å². The molecule has 1 aliphatic rings. The molecule has 2 atom stereocenters. The monoisotopic (exact) mass is 332 g/mol. The van der Waals surface area contributed by atoms with Gasteiger partial charge in [-0.2, -0.15) is 0 Å². The first-order valence-electron chi connectivity index (χ1n) is 8.78. The maximum Gasteiger partial charge on any atom is 0.222 e. The Kier molecular flexibility index (Phi) is 7.68. The van der Waals surface area contributed by atoms with Gasteiger partial charge in [-0.05, 0) is 49.4 Å². The molecule has 0 spiro atoms. The highest BCUT2D eigenvalue weighted by molar-refractivity contribution is 5.79. The highest BCUT2D eigenvalue weighted by atomic mass is 16.2. The zero-order chi connectivity index (χ0) is 17.2. The maximum atomic E-state index is 12.0. The zero-order valence-corrected chi connectivity index (χ0v) is 14.4. The van der Waals surface area contributed by atoms with Crippen LogP contribution in [-0.2, 0) is 16.1 Å². The van der Waals surface area contributed by atoms with E-state index >= 15 is 0 Å². The van der Waals surface area contributed by atoms with Gasteiger partial charge in [0.25, 0.3) is 0 Å². The first kappa shape index (κ1) is 18.4. The number of piperidine rings is 1. The minimum absolute atomic E-state index is 0.0353. The highest BCUT2D eigenvalue weighted by Crippen LogP contribution is 2.22. The van der Waals surface area contributed by atoms with Gasteiger partial charge in [0.05, 0.1) is 0 Å². The Morgan fingerprint density at radius 2 is 2.25 bits per heavy atom. The molecule has 24 heavy (non-hydrogen) atoms. The van der Waals surface area contributed by atoms with Crippen LogP contribution in [0.4, 0.5) is 0 Å². The minimum Gasteiger partial charge on any atom is -0.356 e. The summed E-state index contributed by atoms with van der Waals surface area (Å²) in [5.74, 6) is 0.918. The van der Waals surface area contributed by atoms with Gasteiger partial charge in [-0.15, -0.1) is 0 Å². The number of pyridine rings is 1. The molecule has 0 radical (unpaired) electrons. The van der Waals surface area contributed by atoms with Crippen molar-refractivity contribution >= 4 is 11.8 Å². The second-order valence-corrected chi connectivity index (χ2v) is 6.53. The third-order valence-corrected chi connectivity index (χ3v) is 4.53. The van der Waals surface area contributed by atoms with Crippen LogP contribution >= 0.6 is 0 Å². The fourth-order valence-electron chi connectivity index (χ4n) is 3.00. The molecular formula is C18H28N4O2. The Morgan fingerprint density at radius 1 is 1.38 bits per heavy atom. The number of hydrogen-bond acceptors (Lipinski definition) is 4. The van der Waals surface area contributed by atoms with Gasteiger partial charge in [0.2, 0.25) is 11.8 Å². The molecule has 1 fully saturated rings. The number of aromatic nitrogens is 1. The zero-order valence-electron chi connectivity index (χ0n) is 14.4. The van der Waals surface area contributed by atoms with Crippen LogP contribution in [0, 0.1) is 11.8 Å². The van der Waals surface area contributed by atoms with E-state index in [2.05, 4.69) is 27.9 Å². The standard InChI is InChI=1S/C18H28N4O2/c1-14(16-5-3-8-20-13-16)10-18(24)21-9-6-17(23)22-12-15-4-2-7-19-11-15/h2,4,7,11,14,16,20H,3,5-6,8-10,12-13H2,1H3,(H,21,24)(H,22,23). The summed E-state index contributed by atoms with van der Waals surface area (Å²) in [6, 6.07) is 3.75. The van der Waals surface area contributed by atoms with E-state index in [1.54, 1.807) is 12.4 Å². The minimum atomic E-state index is -0.0660. The van der Waals surface area contributed by atoms with Crippen LogP contribution in [0.3, 0.4) is 0 Å². The molecule has 2 amide bonds. The third-order valence-electron chi connectivity index (χ3n) is 4.53. The van der Waals surface area contributed by atoms with Crippen molar-refractivity contribution in [3.05, 3.63) is 30.1 Å². The predicted octanol–water partition coefficient (Wildman–Crippen LogP) is 1.23. The summed E-state index contributed by atoms with van der Waals surface area (Å²) in [6.07, 6.45) is 6.63. The van der Waals surface area contributed by atoms with Crippen LogP contribution in [0.25, 0.3) is 0 Å². The SMILES string of the molecule is CC(CC(=O)NCCC(=O)NCc1cccnc1)C1CCCNC1. The topological polar surface area (TPSA) is 83.1 Å². The molecule has 1 saturated heterocycles. The largest absolute Gasteiger partial charge is 0.356 e. The maximum absolute atomic E-state index is 12.0. The van der Waals surface area contributed by atoms with E-state index in [1.807, 2.05) is 12.1 Å². The second-order valence-electron chi connectivity index (χ2n) is 6.53. The van der Waals surface area contributed by atoms with Gasteiger partial charge in [-0.25, -0.2) is 0 Å². The Morgan fingerprint density at radius 3 is 2.96 bits per heavy atom. The van der Waals surface area contributed by atoms with Crippen molar-refractivity contribution in [3.8, 4) is 0 Å². The van der Waals surface area contributed by atoms with Crippen molar-refractivity contribution in [2.45, 2.75) is 39.2 Å². The molecule has 6 heteroatoms. The number of amides is 2. The molecule has 2 rings (SSSR count). The Labute approximate surface area is 143 Å². The average Bonchev–Trinajstić information content (AvgIpc) is 2.61. The lowest BCUT2D eigenvalue weighted by atomic mass is 9.85. The molecule has 0 saturated carbocycles. The first-order chi connectivity index (χ1) is 11.6. The number of rotatable bonds is 8. The third kappa shape index (κ3) is 6.66. The quantitative estimate of drug-likeness (QED) is 0.669. The molecule has 0 bridgehead atoms. The first-order valence-corrected chi connectivity index (χ1v) is 8.78. The summed E-state index contributed by atoms with van der Waals surface area (Å²) in [4.78, 5) is 27.8. The van der Waals surface area contributed by atoms with Gasteiger partial charge in [0, 0.05) is 38.3 Å². The fraction of sp³-hybridized carbons (Fsp3) is 0.611. The Bertz CT molecular complexity index is 515. The van der Waals surface area contributed by atoms with Crippen molar-refractivity contribution in [2.75, 3.05) is 19.6 Å². The number of nitrogens with one attached hydrogen (secondary N) is 3. The predicted molar refractivity (Wildman–Crippen MR) is 93.1 cm³/mol. The van der Waals surface area contributed by atoms with Gasteiger partial charge in [-0.3, -0.25) is 14.6 Å². The van der Waals surface area contributed by atoms with Crippen molar-refractivity contribution < 1.29 is 9.59 Å². The number of nitrogens with zero attached hydrogens (tertiary/aromatic N) is 1. The van der Waals surface area contributed by atoms with E-state index in [4.69, 9.17) is 0 Å². The van der Waals surface area contributed by atoms with Crippen LogP contribution in [-0.4, -0.2) is 36.4 Å². The van der Waals surface area contributed by atoms with Crippen LogP contribution in [0.1, 0.15) is 38.2 Å². The highest BCUT2D eigenvalue weighted by Gasteiger charge is 2.21. The van der Waals surface area contributed by atoms with Crippen molar-refractivity contribution in [1.29, 1.82) is 0 Å². The lowest BCUT2D eigenvalue weighted by molar-refractivity contribution is -0.123. The molecule has 1 aliphatic heterocycles. The second kappa shape index (κ2) is 10.0. The smallest absolute Gasteiger partial charge is 0.222 e. The van der Waals surface area contributed by atoms with Crippen molar-refractivity contribution in [2.24, 2.45) is 11.8 Å². The summed E-state index contributed by atoms with van der Waals surface area (Å²) < 4.78 is 0. The van der Waals surface area contributed by atoms with E-state index in [1.165, 1.54) is 12.8 Å². The number of carbonyl (C=O) groups is 2. The summed E-state index contributed by atoms with van der Waals surface area (Å²) in [5.41, 5.74) is 0.963.